The van der Waals surface area contributed by atoms with E-state index in [4.69, 9.17) is 5.26 Å². The van der Waals surface area contributed by atoms with Crippen LogP contribution in [0.4, 0.5) is 0 Å². The molecular weight excluding hydrogens is 466 g/mol. The Kier molecular flexibility index (Phi) is 22.9. The fourth-order valence-corrected chi connectivity index (χ4v) is 3.32. The molecule has 0 aromatic heterocycles. The maximum atomic E-state index is 9.17. The van der Waals surface area contributed by atoms with Gasteiger partial charge in [0.25, 0.3) is 0 Å². The summed E-state index contributed by atoms with van der Waals surface area (Å²) >= 11 is 0. The van der Waals surface area contributed by atoms with Crippen molar-refractivity contribution >= 4 is 5.71 Å². The number of nitrogens with one attached hydrogen (secondary N) is 1. The standard InChI is InChI=1S/C27H43N5.2C2H6.C2H4/c1-20(2)16-30-25(12-11-13-29-26(15-28)21(3)4)19-32-23(6)17-31(18-24(32)7)22(5)14-27(8,9)10;3*1-2/h11-13,20-21,30H,5-7,14,16-19H2,1-4,8-10H3;2*1-2H3;1-2H2/b13-11+,25-12-,29-26?;;;. The molecule has 38 heavy (non-hydrogen) atoms. The van der Waals surface area contributed by atoms with Crippen molar-refractivity contribution in [2.45, 2.75) is 82.6 Å². The van der Waals surface area contributed by atoms with Gasteiger partial charge in [-0.2, -0.15) is 5.26 Å². The van der Waals surface area contributed by atoms with Crippen LogP contribution in [0.2, 0.25) is 0 Å². The fraction of sp³-hybridized carbons (Fsp3) is 0.576. The van der Waals surface area contributed by atoms with E-state index in [9.17, 15) is 0 Å². The second kappa shape index (κ2) is 22.0. The number of allylic oxidation sites excluding steroid dienone is 3. The van der Waals surface area contributed by atoms with Crippen LogP contribution in [0.3, 0.4) is 0 Å². The molecule has 1 saturated heterocycles. The van der Waals surface area contributed by atoms with E-state index in [1.807, 2.05) is 53.7 Å². The summed E-state index contributed by atoms with van der Waals surface area (Å²) in [6.45, 7) is 45.0. The van der Waals surface area contributed by atoms with Gasteiger partial charge in [-0.15, -0.1) is 13.2 Å². The summed E-state index contributed by atoms with van der Waals surface area (Å²) in [7, 11) is 0. The van der Waals surface area contributed by atoms with E-state index in [0.29, 0.717) is 18.2 Å². The van der Waals surface area contributed by atoms with Crippen LogP contribution in [0.1, 0.15) is 82.6 Å². The largest absolute Gasteiger partial charge is 0.387 e. The predicted molar refractivity (Wildman–Crippen MR) is 172 cm³/mol. The van der Waals surface area contributed by atoms with Crippen molar-refractivity contribution in [1.82, 2.24) is 15.1 Å². The fourth-order valence-electron chi connectivity index (χ4n) is 3.32. The molecule has 0 atom stereocenters. The highest BCUT2D eigenvalue weighted by atomic mass is 15.3. The molecule has 0 aromatic carbocycles. The summed E-state index contributed by atoms with van der Waals surface area (Å²) in [6.07, 6.45) is 6.54. The Morgan fingerprint density at radius 2 is 1.55 bits per heavy atom. The zero-order valence-corrected chi connectivity index (χ0v) is 26.7. The maximum Gasteiger partial charge on any atom is 0.120 e. The van der Waals surface area contributed by atoms with Crippen LogP contribution in [0.15, 0.2) is 79.0 Å². The summed E-state index contributed by atoms with van der Waals surface area (Å²) in [5, 5.41) is 12.7. The number of piperazine rings is 1. The first-order chi connectivity index (χ1) is 17.8. The predicted octanol–water partition coefficient (Wildman–Crippen LogP) is 8.70. The van der Waals surface area contributed by atoms with Crippen molar-refractivity contribution in [2.24, 2.45) is 22.2 Å². The van der Waals surface area contributed by atoms with Gasteiger partial charge in [-0.05, 0) is 29.9 Å². The van der Waals surface area contributed by atoms with Gasteiger partial charge in [0.05, 0.1) is 19.6 Å². The molecule has 0 unspecified atom stereocenters. The average molecular weight is 526 g/mol. The number of rotatable bonds is 10. The number of hydrogen-bond acceptors (Lipinski definition) is 5. The Bertz CT molecular complexity index is 810. The van der Waals surface area contributed by atoms with Gasteiger partial charge in [-0.1, -0.05) is 95.9 Å². The molecule has 0 aliphatic carbocycles. The molecule has 0 bridgehead atoms. The minimum absolute atomic E-state index is 0.114. The van der Waals surface area contributed by atoms with E-state index < -0.39 is 0 Å². The SMILES string of the molecule is C=C.C=C(CC(C)(C)C)N1CC(=C)N(C/C(=C/C=C/N=C(C#N)C(C)C)NCC(C)C)C(=C)C1.CC.CC. The number of nitriles is 1. The highest BCUT2D eigenvalue weighted by Crippen LogP contribution is 2.29. The minimum atomic E-state index is 0.114. The average Bonchev–Trinajstić information content (AvgIpc) is 2.86. The van der Waals surface area contributed by atoms with E-state index in [-0.39, 0.29) is 11.3 Å². The summed E-state index contributed by atoms with van der Waals surface area (Å²) < 4.78 is 0. The Hall–Kier alpha value is -3.00. The summed E-state index contributed by atoms with van der Waals surface area (Å²) in [5.74, 6) is 0.638. The molecule has 5 nitrogen and oxygen atoms in total. The Morgan fingerprint density at radius 1 is 1.05 bits per heavy atom. The van der Waals surface area contributed by atoms with Crippen molar-refractivity contribution in [3.63, 3.8) is 0 Å². The number of hydrogen-bond donors (Lipinski definition) is 1. The first kappa shape index (κ1) is 39.5. The van der Waals surface area contributed by atoms with Crippen molar-refractivity contribution in [3.05, 3.63) is 74.0 Å². The van der Waals surface area contributed by atoms with E-state index in [1.54, 1.807) is 6.20 Å². The van der Waals surface area contributed by atoms with Crippen LogP contribution in [0.25, 0.3) is 0 Å². The Balaban J connectivity index is -0.00000190. The molecule has 1 heterocycles. The van der Waals surface area contributed by atoms with Crippen LogP contribution >= 0.6 is 0 Å². The van der Waals surface area contributed by atoms with Gasteiger partial charge in [-0.25, -0.2) is 4.99 Å². The lowest BCUT2D eigenvalue weighted by molar-refractivity contribution is 0.245. The molecule has 0 saturated carbocycles. The summed E-state index contributed by atoms with van der Waals surface area (Å²) in [4.78, 5) is 8.75. The molecule has 1 N–H and O–H groups in total. The zero-order valence-electron chi connectivity index (χ0n) is 26.7. The van der Waals surface area contributed by atoms with E-state index in [1.165, 1.54) is 0 Å². The van der Waals surface area contributed by atoms with Crippen LogP contribution < -0.4 is 5.32 Å². The van der Waals surface area contributed by atoms with Crippen LogP contribution in [0, 0.1) is 28.6 Å². The molecule has 5 heteroatoms. The van der Waals surface area contributed by atoms with Gasteiger partial charge in [0.1, 0.15) is 11.8 Å². The third-order valence-corrected chi connectivity index (χ3v) is 5.02. The Labute approximate surface area is 237 Å². The van der Waals surface area contributed by atoms with Gasteiger partial charge in [0, 0.05) is 41.5 Å². The normalized spacial score (nSPS) is 14.2. The second-order valence-electron chi connectivity index (χ2n) is 10.5. The van der Waals surface area contributed by atoms with Crippen molar-refractivity contribution in [1.29, 1.82) is 5.26 Å². The lowest BCUT2D eigenvalue weighted by atomic mass is 9.90. The summed E-state index contributed by atoms with van der Waals surface area (Å²) in [5.41, 5.74) is 4.96. The number of aliphatic imine (C=N–C) groups is 1. The zero-order chi connectivity index (χ0) is 30.5. The van der Waals surface area contributed by atoms with Crippen molar-refractivity contribution in [3.8, 4) is 6.07 Å². The molecule has 216 valence electrons. The van der Waals surface area contributed by atoms with Gasteiger partial charge < -0.3 is 15.1 Å². The highest BCUT2D eigenvalue weighted by Gasteiger charge is 2.26. The Morgan fingerprint density at radius 3 is 1.95 bits per heavy atom. The molecule has 0 radical (unpaired) electrons. The van der Waals surface area contributed by atoms with Gasteiger partial charge in [0.15, 0.2) is 0 Å². The van der Waals surface area contributed by atoms with Crippen LogP contribution in [-0.2, 0) is 0 Å². The smallest absolute Gasteiger partial charge is 0.120 e. The first-order valence-electron chi connectivity index (χ1n) is 14.0. The molecule has 0 aromatic rings. The highest BCUT2D eigenvalue weighted by molar-refractivity contribution is 6.00. The lowest BCUT2D eigenvalue weighted by Gasteiger charge is -2.42. The van der Waals surface area contributed by atoms with E-state index in [0.717, 1.165) is 48.8 Å². The molecular formula is C33H59N5. The molecule has 0 spiro atoms. The monoisotopic (exact) mass is 525 g/mol. The lowest BCUT2D eigenvalue weighted by Crippen LogP contribution is -2.43. The van der Waals surface area contributed by atoms with Gasteiger partial charge in [0.2, 0.25) is 0 Å². The van der Waals surface area contributed by atoms with E-state index in [2.05, 4.69) is 93.7 Å². The van der Waals surface area contributed by atoms with E-state index >= 15 is 0 Å². The van der Waals surface area contributed by atoms with Crippen molar-refractivity contribution in [2.75, 3.05) is 26.2 Å². The molecule has 1 fully saturated rings. The maximum absolute atomic E-state index is 9.17. The quantitative estimate of drug-likeness (QED) is 0.176. The van der Waals surface area contributed by atoms with Crippen LogP contribution in [0.5, 0.6) is 0 Å². The summed E-state index contributed by atoms with van der Waals surface area (Å²) in [6, 6.07) is 2.15. The van der Waals surface area contributed by atoms with Crippen LogP contribution in [-0.4, -0.2) is 41.7 Å². The van der Waals surface area contributed by atoms with Gasteiger partial charge >= 0.3 is 0 Å². The molecule has 0 amide bonds. The second-order valence-corrected chi connectivity index (χ2v) is 10.5. The molecule has 1 rings (SSSR count). The van der Waals surface area contributed by atoms with Crippen molar-refractivity contribution < 1.29 is 0 Å². The molecule has 1 aliphatic heterocycles. The first-order valence-corrected chi connectivity index (χ1v) is 14.0. The number of nitrogens with zero attached hydrogens (tertiary/aromatic N) is 4. The minimum Gasteiger partial charge on any atom is -0.387 e. The molecule has 1 aliphatic rings. The third-order valence-electron chi connectivity index (χ3n) is 5.02. The van der Waals surface area contributed by atoms with Gasteiger partial charge in [-0.3, -0.25) is 0 Å². The topological polar surface area (TPSA) is 54.7 Å². The third kappa shape index (κ3) is 17.5.